The van der Waals surface area contributed by atoms with E-state index in [1.165, 1.54) is 68.0 Å². The first-order chi connectivity index (χ1) is 15.9. The highest BCUT2D eigenvalue weighted by Crippen LogP contribution is 2.32. The van der Waals surface area contributed by atoms with Gasteiger partial charge in [-0.05, 0) is 59.0 Å². The molecule has 0 saturated heterocycles. The Morgan fingerprint density at radius 2 is 1.64 bits per heavy atom. The van der Waals surface area contributed by atoms with Gasteiger partial charge in [-0.15, -0.1) is 11.3 Å². The Morgan fingerprint density at radius 1 is 0.970 bits per heavy atom. The smallest absolute Gasteiger partial charge is 0.271 e. The number of thiophene rings is 1. The van der Waals surface area contributed by atoms with Crippen LogP contribution in [-0.2, 0) is 10.0 Å². The molecule has 1 heterocycles. The minimum atomic E-state index is -3.63. The van der Waals surface area contributed by atoms with Gasteiger partial charge in [0.25, 0.3) is 10.0 Å². The highest BCUT2D eigenvalue weighted by atomic mass is 32.2. The van der Waals surface area contributed by atoms with Crippen molar-refractivity contribution in [2.24, 2.45) is 5.10 Å². The molecule has 0 aliphatic heterocycles. The van der Waals surface area contributed by atoms with E-state index < -0.39 is 15.9 Å². The van der Waals surface area contributed by atoms with Crippen LogP contribution in [0.5, 0.6) is 0 Å². The number of benzene rings is 2. The summed E-state index contributed by atoms with van der Waals surface area (Å²) < 4.78 is 27.3. The number of nitrogens with zero attached hydrogens (tertiary/aromatic N) is 1. The Kier molecular flexibility index (Phi) is 7.15. The van der Waals surface area contributed by atoms with Crippen LogP contribution in [-0.4, -0.2) is 14.3 Å². The average molecular weight is 481 g/mol. The van der Waals surface area contributed by atoms with Gasteiger partial charge >= 0.3 is 0 Å². The monoisotopic (exact) mass is 480 g/mol. The number of nitrogens with one attached hydrogen (secondary N) is 2. The normalized spacial score (nSPS) is 15.2. The van der Waals surface area contributed by atoms with Crippen molar-refractivity contribution in [1.29, 1.82) is 0 Å². The average Bonchev–Trinajstić information content (AvgIpc) is 3.40. The Morgan fingerprint density at radius 3 is 2.27 bits per heavy atom. The third kappa shape index (κ3) is 5.83. The molecule has 6 nitrogen and oxygen atoms in total. The van der Waals surface area contributed by atoms with Crippen LogP contribution in [0.4, 0.5) is 5.69 Å². The predicted molar refractivity (Wildman–Crippen MR) is 133 cm³/mol. The molecular formula is C25H26N3O3S2-. The van der Waals surface area contributed by atoms with Gasteiger partial charge in [-0.3, -0.25) is 10.1 Å². The maximum Gasteiger partial charge on any atom is 0.271 e. The van der Waals surface area contributed by atoms with E-state index in [4.69, 9.17) is 0 Å². The van der Waals surface area contributed by atoms with Crippen molar-refractivity contribution >= 4 is 38.6 Å². The first-order valence-electron chi connectivity index (χ1n) is 10.9. The zero-order valence-electron chi connectivity index (χ0n) is 18.2. The van der Waals surface area contributed by atoms with Gasteiger partial charge in [-0.2, -0.15) is 5.10 Å². The van der Waals surface area contributed by atoms with Gasteiger partial charge in [0.05, 0.1) is 5.70 Å². The highest BCUT2D eigenvalue weighted by molar-refractivity contribution is 7.94. The number of hydrogen-bond donors (Lipinski definition) is 2. The molecule has 1 fully saturated rings. The van der Waals surface area contributed by atoms with Gasteiger partial charge in [-0.1, -0.05) is 68.3 Å². The van der Waals surface area contributed by atoms with E-state index in [0.717, 1.165) is 16.9 Å². The summed E-state index contributed by atoms with van der Waals surface area (Å²) in [6.07, 6.45) is 6.41. The van der Waals surface area contributed by atoms with Crippen LogP contribution in [0.1, 0.15) is 54.7 Å². The van der Waals surface area contributed by atoms with Crippen LogP contribution < -0.4 is 15.3 Å². The minimum absolute atomic E-state index is 0.229. The highest BCUT2D eigenvalue weighted by Gasteiger charge is 2.16. The molecule has 0 spiro atoms. The maximum atomic E-state index is 12.4. The molecule has 2 aromatic carbocycles. The molecule has 2 N–H and O–H groups in total. The van der Waals surface area contributed by atoms with Crippen LogP contribution in [0, 0.1) is 0 Å². The first kappa shape index (κ1) is 23.1. The second-order valence-corrected chi connectivity index (χ2v) is 10.9. The molecule has 1 aromatic heterocycles. The molecule has 1 aliphatic carbocycles. The van der Waals surface area contributed by atoms with Gasteiger partial charge in [0, 0.05) is 11.6 Å². The van der Waals surface area contributed by atoms with Gasteiger partial charge in [0.1, 0.15) is 4.21 Å². The van der Waals surface area contributed by atoms with E-state index >= 15 is 0 Å². The minimum Gasteiger partial charge on any atom is -0.857 e. The van der Waals surface area contributed by atoms with E-state index in [2.05, 4.69) is 34.0 Å². The van der Waals surface area contributed by atoms with Gasteiger partial charge in [0.2, 0.25) is 0 Å². The summed E-state index contributed by atoms with van der Waals surface area (Å²) in [5.74, 6) is 0.167. The van der Waals surface area contributed by atoms with Crippen LogP contribution >= 0.6 is 11.3 Å². The lowest BCUT2D eigenvalue weighted by molar-refractivity contribution is -0.213. The zero-order chi connectivity index (χ0) is 23.3. The Hall–Kier alpha value is -3.10. The summed E-state index contributed by atoms with van der Waals surface area (Å²) in [4.78, 5) is 0. The lowest BCUT2D eigenvalue weighted by Gasteiger charge is -2.22. The van der Waals surface area contributed by atoms with Gasteiger partial charge in [0.15, 0.2) is 0 Å². The molecule has 0 amide bonds. The molecule has 33 heavy (non-hydrogen) atoms. The number of rotatable bonds is 8. The molecule has 3 aromatic rings. The molecule has 0 unspecified atom stereocenters. The predicted octanol–water partition coefficient (Wildman–Crippen LogP) is 4.88. The van der Waals surface area contributed by atoms with Crippen molar-refractivity contribution in [3.63, 3.8) is 0 Å². The van der Waals surface area contributed by atoms with Crippen molar-refractivity contribution in [3.8, 4) is 0 Å². The largest absolute Gasteiger partial charge is 0.857 e. The summed E-state index contributed by atoms with van der Waals surface area (Å²) >= 11 is 1.14. The van der Waals surface area contributed by atoms with Gasteiger partial charge in [-0.25, -0.2) is 8.42 Å². The molecule has 172 valence electrons. The number of anilines is 1. The van der Waals surface area contributed by atoms with Crippen molar-refractivity contribution in [1.82, 2.24) is 5.43 Å². The molecular weight excluding hydrogens is 454 g/mol. The number of hydrogen-bond acceptors (Lipinski definition) is 6. The van der Waals surface area contributed by atoms with Crippen molar-refractivity contribution in [2.45, 2.75) is 42.2 Å². The Balaban J connectivity index is 1.36. The maximum absolute atomic E-state index is 12.4. The van der Waals surface area contributed by atoms with Crippen LogP contribution in [0.2, 0.25) is 0 Å². The lowest BCUT2D eigenvalue weighted by atomic mass is 9.84. The fraction of sp³-hybridized carbons (Fsp3) is 0.240. The van der Waals surface area contributed by atoms with E-state index in [-0.39, 0.29) is 4.21 Å². The third-order valence-corrected chi connectivity index (χ3v) is 8.55. The lowest BCUT2D eigenvalue weighted by Crippen LogP contribution is -2.22. The fourth-order valence-electron chi connectivity index (χ4n) is 3.94. The first-order valence-corrected chi connectivity index (χ1v) is 13.3. The zero-order valence-corrected chi connectivity index (χ0v) is 19.8. The quantitative estimate of drug-likeness (QED) is 0.273. The standard InChI is InChI=1S/C25H27N3O3S2/c1-18(19-9-11-21(12-10-19)20-6-3-2-4-7-20)26-27-25(29)22-13-15-23(16-14-22)28-33(30,31)24-8-5-17-32-24/h5,8-17,20,26,28H,1-4,6-7H2,(H,27,29)/p-1. The van der Waals surface area contributed by atoms with E-state index in [1.54, 1.807) is 11.4 Å². The molecule has 0 atom stereocenters. The molecule has 1 saturated carbocycles. The second-order valence-electron chi connectivity index (χ2n) is 8.08. The summed E-state index contributed by atoms with van der Waals surface area (Å²) in [7, 11) is -3.63. The molecule has 0 bridgehead atoms. The Bertz CT molecular complexity index is 1210. The second kappa shape index (κ2) is 10.2. The van der Waals surface area contributed by atoms with Gasteiger partial charge < -0.3 is 5.11 Å². The van der Waals surface area contributed by atoms with Crippen LogP contribution in [0.3, 0.4) is 0 Å². The van der Waals surface area contributed by atoms with E-state index in [0.29, 0.717) is 22.9 Å². The molecule has 1 aliphatic rings. The summed E-state index contributed by atoms with van der Waals surface area (Å²) in [5.41, 5.74) is 6.22. The summed E-state index contributed by atoms with van der Waals surface area (Å²) in [5, 5.41) is 18.0. The van der Waals surface area contributed by atoms with E-state index in [1.807, 2.05) is 12.1 Å². The summed E-state index contributed by atoms with van der Waals surface area (Å²) in [6, 6.07) is 17.6. The third-order valence-electron chi connectivity index (χ3n) is 5.77. The van der Waals surface area contributed by atoms with Crippen molar-refractivity contribution < 1.29 is 13.5 Å². The number of sulfonamides is 1. The number of hydrazone groups is 1. The van der Waals surface area contributed by atoms with Crippen LogP contribution in [0.15, 0.2) is 81.9 Å². The van der Waals surface area contributed by atoms with Crippen molar-refractivity contribution in [2.75, 3.05) is 4.72 Å². The SMILES string of the molecule is C=C(NN=C([O-])c1ccc(NS(=O)(=O)c2cccs2)cc1)c1ccc(C2CCCCC2)cc1. The van der Waals surface area contributed by atoms with E-state index in [9.17, 15) is 13.5 Å². The molecule has 0 radical (unpaired) electrons. The fourth-order valence-corrected chi connectivity index (χ4v) is 5.99. The topological polar surface area (TPSA) is 93.6 Å². The van der Waals surface area contributed by atoms with Crippen molar-refractivity contribution in [3.05, 3.63) is 89.3 Å². The van der Waals surface area contributed by atoms with Crippen LogP contribution in [0.25, 0.3) is 5.70 Å². The molecule has 8 heteroatoms. The Labute approximate surface area is 198 Å². The molecule has 4 rings (SSSR count). The summed E-state index contributed by atoms with van der Waals surface area (Å²) in [6.45, 7) is 3.98.